The predicted octanol–water partition coefficient (Wildman–Crippen LogP) is 4.26. The van der Waals surface area contributed by atoms with Crippen molar-refractivity contribution in [2.45, 2.75) is 57.8 Å². The Morgan fingerprint density at radius 3 is 2.67 bits per heavy atom. The third-order valence-corrected chi connectivity index (χ3v) is 4.74. The largest absolute Gasteiger partial charge is 0.493 e. The molecule has 1 heterocycles. The maximum Gasteiger partial charge on any atom is 0.162 e. The van der Waals surface area contributed by atoms with Crippen molar-refractivity contribution in [3.05, 3.63) is 36.7 Å². The van der Waals surface area contributed by atoms with Gasteiger partial charge in [-0.1, -0.05) is 13.0 Å². The van der Waals surface area contributed by atoms with Crippen LogP contribution >= 0.6 is 0 Å². The molecule has 1 aromatic heterocycles. The van der Waals surface area contributed by atoms with Gasteiger partial charge in [0.15, 0.2) is 11.5 Å². The van der Waals surface area contributed by atoms with Crippen LogP contribution in [0.5, 0.6) is 11.5 Å². The number of hydrogen-bond acceptors (Lipinski definition) is 3. The molecule has 3 rings (SSSR count). The minimum absolute atomic E-state index is 0.303. The van der Waals surface area contributed by atoms with Gasteiger partial charge in [0.25, 0.3) is 0 Å². The second kappa shape index (κ2) is 7.75. The van der Waals surface area contributed by atoms with E-state index in [-0.39, 0.29) is 6.10 Å². The molecule has 4 nitrogen and oxygen atoms in total. The van der Waals surface area contributed by atoms with Gasteiger partial charge in [0, 0.05) is 18.9 Å². The third kappa shape index (κ3) is 3.93. The van der Waals surface area contributed by atoms with Crippen LogP contribution < -0.4 is 9.47 Å². The summed E-state index contributed by atoms with van der Waals surface area (Å²) in [5, 5.41) is 9.81. The summed E-state index contributed by atoms with van der Waals surface area (Å²) in [6.07, 6.45) is 9.58. The Kier molecular flexibility index (Phi) is 5.46. The molecular weight excluding hydrogens is 302 g/mol. The van der Waals surface area contributed by atoms with Gasteiger partial charge in [0.05, 0.1) is 19.3 Å². The molecule has 0 radical (unpaired) electrons. The van der Waals surface area contributed by atoms with E-state index in [1.165, 1.54) is 12.8 Å². The lowest BCUT2D eigenvalue weighted by atomic mass is 10.1. The Bertz CT molecular complexity index is 659. The quantitative estimate of drug-likeness (QED) is 0.825. The highest BCUT2D eigenvalue weighted by Gasteiger charge is 2.19. The van der Waals surface area contributed by atoms with E-state index in [4.69, 9.17) is 9.47 Å². The molecule has 0 bridgehead atoms. The second-order valence-corrected chi connectivity index (χ2v) is 6.55. The Labute approximate surface area is 144 Å². The van der Waals surface area contributed by atoms with E-state index < -0.39 is 0 Å². The second-order valence-electron chi connectivity index (χ2n) is 6.55. The summed E-state index contributed by atoms with van der Waals surface area (Å²) in [4.78, 5) is 0. The molecule has 1 aromatic carbocycles. The van der Waals surface area contributed by atoms with Gasteiger partial charge in [0.2, 0.25) is 0 Å². The average molecular weight is 329 g/mol. The molecule has 4 heteroatoms. The van der Waals surface area contributed by atoms with Crippen molar-refractivity contribution < 1.29 is 14.6 Å². The van der Waals surface area contributed by atoms with E-state index in [9.17, 15) is 5.11 Å². The van der Waals surface area contributed by atoms with Crippen LogP contribution in [0.2, 0.25) is 0 Å². The van der Waals surface area contributed by atoms with Crippen LogP contribution in [0, 0.1) is 0 Å². The molecule has 0 aliphatic heterocycles. The lowest BCUT2D eigenvalue weighted by molar-refractivity contribution is 0.150. The first-order valence-corrected chi connectivity index (χ1v) is 8.88. The Balaban J connectivity index is 1.80. The van der Waals surface area contributed by atoms with E-state index in [1.54, 1.807) is 7.11 Å². The number of benzene rings is 1. The number of hydrogen-bond donors (Lipinski definition) is 1. The van der Waals surface area contributed by atoms with Gasteiger partial charge in [0.1, 0.15) is 0 Å². The Morgan fingerprint density at radius 1 is 1.17 bits per heavy atom. The maximum absolute atomic E-state index is 9.81. The molecule has 0 spiro atoms. The minimum atomic E-state index is -0.303. The first-order chi connectivity index (χ1) is 11.7. The van der Waals surface area contributed by atoms with Gasteiger partial charge in [-0.2, -0.15) is 0 Å². The highest BCUT2D eigenvalue weighted by Crippen LogP contribution is 2.35. The lowest BCUT2D eigenvalue weighted by Crippen LogP contribution is -2.13. The minimum Gasteiger partial charge on any atom is -0.493 e. The van der Waals surface area contributed by atoms with Gasteiger partial charge < -0.3 is 19.1 Å². The summed E-state index contributed by atoms with van der Waals surface area (Å²) in [6, 6.07) is 8.16. The smallest absolute Gasteiger partial charge is 0.162 e. The number of rotatable bonds is 7. The summed E-state index contributed by atoms with van der Waals surface area (Å²) in [7, 11) is 1.68. The zero-order chi connectivity index (χ0) is 16.9. The van der Waals surface area contributed by atoms with E-state index in [0.29, 0.717) is 12.6 Å². The first kappa shape index (κ1) is 16.9. The van der Waals surface area contributed by atoms with Crippen LogP contribution in [-0.4, -0.2) is 29.0 Å². The standard InChI is InChI=1S/C20H27NO3/c1-3-17(22)14-21-11-10-16(13-21)15-8-9-19(23-2)20(12-15)24-18-6-4-5-7-18/h8-13,17-18,22H,3-7,14H2,1-2H3. The molecule has 1 aliphatic rings. The van der Waals surface area contributed by atoms with Crippen molar-refractivity contribution in [2.24, 2.45) is 0 Å². The van der Waals surface area contributed by atoms with E-state index in [2.05, 4.69) is 24.4 Å². The monoisotopic (exact) mass is 329 g/mol. The van der Waals surface area contributed by atoms with Crippen LogP contribution in [0.3, 0.4) is 0 Å². The molecule has 1 unspecified atom stereocenters. The summed E-state index contributed by atoms with van der Waals surface area (Å²) < 4.78 is 13.7. The van der Waals surface area contributed by atoms with Gasteiger partial charge in [-0.25, -0.2) is 0 Å². The Morgan fingerprint density at radius 2 is 1.96 bits per heavy atom. The molecule has 1 atom stereocenters. The predicted molar refractivity (Wildman–Crippen MR) is 95.6 cm³/mol. The van der Waals surface area contributed by atoms with Crippen molar-refractivity contribution in [3.63, 3.8) is 0 Å². The van der Waals surface area contributed by atoms with Crippen LogP contribution in [0.1, 0.15) is 39.0 Å². The number of aromatic nitrogens is 1. The molecule has 130 valence electrons. The molecule has 2 aromatic rings. The summed E-state index contributed by atoms with van der Waals surface area (Å²) in [6.45, 7) is 2.61. The van der Waals surface area contributed by atoms with Crippen molar-refractivity contribution in [1.82, 2.24) is 4.57 Å². The van der Waals surface area contributed by atoms with E-state index in [1.807, 2.05) is 23.8 Å². The highest BCUT2D eigenvalue weighted by atomic mass is 16.5. The highest BCUT2D eigenvalue weighted by molar-refractivity contribution is 5.66. The number of methoxy groups -OCH3 is 1. The SMILES string of the molecule is CCC(O)Cn1ccc(-c2ccc(OC)c(OC3CCCC3)c2)c1. The number of ether oxygens (including phenoxy) is 2. The van der Waals surface area contributed by atoms with Crippen LogP contribution in [-0.2, 0) is 6.54 Å². The fourth-order valence-corrected chi connectivity index (χ4v) is 3.23. The van der Waals surface area contributed by atoms with Gasteiger partial charge in [-0.15, -0.1) is 0 Å². The van der Waals surface area contributed by atoms with Gasteiger partial charge in [-0.05, 0) is 61.4 Å². The van der Waals surface area contributed by atoms with Crippen molar-refractivity contribution in [2.75, 3.05) is 7.11 Å². The van der Waals surface area contributed by atoms with E-state index >= 15 is 0 Å². The lowest BCUT2D eigenvalue weighted by Gasteiger charge is -2.16. The molecule has 1 saturated carbocycles. The number of aliphatic hydroxyl groups excluding tert-OH is 1. The van der Waals surface area contributed by atoms with Crippen molar-refractivity contribution in [3.8, 4) is 22.6 Å². The van der Waals surface area contributed by atoms with Crippen LogP contribution in [0.15, 0.2) is 36.7 Å². The van der Waals surface area contributed by atoms with Gasteiger partial charge >= 0.3 is 0 Å². The first-order valence-electron chi connectivity index (χ1n) is 8.88. The molecule has 1 aliphatic carbocycles. The number of aliphatic hydroxyl groups is 1. The normalized spacial score (nSPS) is 16.3. The van der Waals surface area contributed by atoms with Crippen molar-refractivity contribution in [1.29, 1.82) is 0 Å². The van der Waals surface area contributed by atoms with E-state index in [0.717, 1.165) is 41.9 Å². The van der Waals surface area contributed by atoms with Gasteiger partial charge in [-0.3, -0.25) is 0 Å². The fourth-order valence-electron chi connectivity index (χ4n) is 3.23. The fraction of sp³-hybridized carbons (Fsp3) is 0.500. The molecular formula is C20H27NO3. The molecule has 0 amide bonds. The molecule has 0 saturated heterocycles. The zero-order valence-corrected chi connectivity index (χ0v) is 14.6. The third-order valence-electron chi connectivity index (χ3n) is 4.74. The summed E-state index contributed by atoms with van der Waals surface area (Å²) in [5.74, 6) is 1.61. The summed E-state index contributed by atoms with van der Waals surface area (Å²) in [5.41, 5.74) is 2.23. The Hall–Kier alpha value is -1.94. The van der Waals surface area contributed by atoms with Crippen LogP contribution in [0.4, 0.5) is 0 Å². The maximum atomic E-state index is 9.81. The molecule has 1 N–H and O–H groups in total. The summed E-state index contributed by atoms with van der Waals surface area (Å²) >= 11 is 0. The van der Waals surface area contributed by atoms with Crippen LogP contribution in [0.25, 0.3) is 11.1 Å². The average Bonchev–Trinajstić information content (AvgIpc) is 3.26. The molecule has 1 fully saturated rings. The molecule has 24 heavy (non-hydrogen) atoms. The van der Waals surface area contributed by atoms with Crippen molar-refractivity contribution >= 4 is 0 Å². The topological polar surface area (TPSA) is 43.6 Å². The zero-order valence-electron chi connectivity index (χ0n) is 14.6. The number of nitrogens with zero attached hydrogens (tertiary/aromatic N) is 1.